The van der Waals surface area contributed by atoms with Crippen LogP contribution in [0.3, 0.4) is 0 Å². The van der Waals surface area contributed by atoms with Gasteiger partial charge < -0.3 is 9.67 Å². The molecule has 2 amide bonds. The van der Waals surface area contributed by atoms with Crippen molar-refractivity contribution in [3.8, 4) is 6.07 Å². The molecule has 0 aliphatic heterocycles. The number of aromatic nitrogens is 1. The molecule has 7 nitrogen and oxygen atoms in total. The summed E-state index contributed by atoms with van der Waals surface area (Å²) in [5.41, 5.74) is 1.31. The van der Waals surface area contributed by atoms with Gasteiger partial charge in [0.05, 0.1) is 5.69 Å². The van der Waals surface area contributed by atoms with Gasteiger partial charge in [-0.3, -0.25) is 14.4 Å². The van der Waals surface area contributed by atoms with Crippen molar-refractivity contribution in [2.24, 2.45) is 0 Å². The number of carbonyl (C=O) groups excluding carboxylic acids is 2. The van der Waals surface area contributed by atoms with Gasteiger partial charge in [0, 0.05) is 29.6 Å². The molecule has 0 aliphatic rings. The van der Waals surface area contributed by atoms with Gasteiger partial charge in [0.15, 0.2) is 0 Å². The summed E-state index contributed by atoms with van der Waals surface area (Å²) < 4.78 is 1.53. The highest BCUT2D eigenvalue weighted by Gasteiger charge is 2.24. The van der Waals surface area contributed by atoms with E-state index in [-0.39, 0.29) is 12.1 Å². The quantitative estimate of drug-likeness (QED) is 0.535. The SMILES string of the molecule is CC(=O)N(C(=O)C(C#N)=Cc1cn(CC(=O)O)c2ccccc12)c1ccccc1. The van der Waals surface area contributed by atoms with E-state index in [1.54, 1.807) is 60.8 Å². The van der Waals surface area contributed by atoms with E-state index >= 15 is 0 Å². The number of imide groups is 1. The highest BCUT2D eigenvalue weighted by Crippen LogP contribution is 2.25. The summed E-state index contributed by atoms with van der Waals surface area (Å²) in [6.45, 7) is 0.992. The number of rotatable bonds is 5. The molecule has 0 bridgehead atoms. The normalized spacial score (nSPS) is 11.1. The highest BCUT2D eigenvalue weighted by molar-refractivity contribution is 6.23. The van der Waals surface area contributed by atoms with Crippen LogP contribution in [0.5, 0.6) is 0 Å². The van der Waals surface area contributed by atoms with Gasteiger partial charge >= 0.3 is 5.97 Å². The van der Waals surface area contributed by atoms with Crippen LogP contribution >= 0.6 is 0 Å². The molecule has 3 aromatic rings. The van der Waals surface area contributed by atoms with Crippen molar-refractivity contribution < 1.29 is 19.5 Å². The summed E-state index contributed by atoms with van der Waals surface area (Å²) in [6, 6.07) is 17.3. The molecule has 1 aromatic heterocycles. The summed E-state index contributed by atoms with van der Waals surface area (Å²) in [5, 5.41) is 19.4. The highest BCUT2D eigenvalue weighted by atomic mass is 16.4. The first-order valence-corrected chi connectivity index (χ1v) is 8.74. The lowest BCUT2D eigenvalue weighted by Crippen LogP contribution is -2.36. The molecule has 2 aromatic carbocycles. The van der Waals surface area contributed by atoms with E-state index in [9.17, 15) is 19.6 Å². The molecule has 0 spiro atoms. The minimum atomic E-state index is -1.01. The fraction of sp³-hybridized carbons (Fsp3) is 0.0909. The molecule has 0 saturated heterocycles. The molecule has 0 fully saturated rings. The van der Waals surface area contributed by atoms with E-state index in [1.807, 2.05) is 6.07 Å². The number of carboxylic acids is 1. The minimum Gasteiger partial charge on any atom is -0.480 e. The van der Waals surface area contributed by atoms with Gasteiger partial charge in [-0.2, -0.15) is 5.26 Å². The number of hydrogen-bond acceptors (Lipinski definition) is 4. The third kappa shape index (κ3) is 4.06. The largest absolute Gasteiger partial charge is 0.480 e. The lowest BCUT2D eigenvalue weighted by molar-refractivity contribution is -0.137. The van der Waals surface area contributed by atoms with Gasteiger partial charge in [0.1, 0.15) is 18.2 Å². The fourth-order valence-electron chi connectivity index (χ4n) is 3.10. The number of nitriles is 1. The molecule has 1 N–H and O–H groups in total. The number of para-hydroxylation sites is 2. The maximum absolute atomic E-state index is 13.0. The average Bonchev–Trinajstić information content (AvgIpc) is 3.03. The van der Waals surface area contributed by atoms with E-state index in [2.05, 4.69) is 0 Å². The number of amides is 2. The monoisotopic (exact) mass is 387 g/mol. The standard InChI is InChI=1S/C22H17N3O4/c1-15(26)25(18-7-3-2-4-8-18)22(29)16(12-23)11-17-13-24(14-21(27)28)20-10-6-5-9-19(17)20/h2-11,13H,14H2,1H3,(H,27,28). The Morgan fingerprint density at radius 2 is 1.76 bits per heavy atom. The van der Waals surface area contributed by atoms with Crippen molar-refractivity contribution >= 4 is 40.4 Å². The van der Waals surface area contributed by atoms with Gasteiger partial charge in [0.25, 0.3) is 5.91 Å². The number of hydrogen-bond donors (Lipinski definition) is 1. The van der Waals surface area contributed by atoms with Crippen molar-refractivity contribution in [2.45, 2.75) is 13.5 Å². The van der Waals surface area contributed by atoms with Gasteiger partial charge in [0.2, 0.25) is 5.91 Å². The summed E-state index contributed by atoms with van der Waals surface area (Å²) in [4.78, 5) is 37.1. The molecular weight excluding hydrogens is 370 g/mol. The lowest BCUT2D eigenvalue weighted by Gasteiger charge is -2.18. The summed E-state index contributed by atoms with van der Waals surface area (Å²) in [6.07, 6.45) is 2.95. The predicted molar refractivity (Wildman–Crippen MR) is 108 cm³/mol. The molecule has 29 heavy (non-hydrogen) atoms. The van der Waals surface area contributed by atoms with Crippen LogP contribution in [-0.2, 0) is 20.9 Å². The van der Waals surface area contributed by atoms with E-state index in [4.69, 9.17) is 5.11 Å². The van der Waals surface area contributed by atoms with Gasteiger partial charge in [-0.1, -0.05) is 36.4 Å². The molecule has 0 atom stereocenters. The molecular formula is C22H17N3O4. The van der Waals surface area contributed by atoms with E-state index in [1.165, 1.54) is 17.6 Å². The Hall–Kier alpha value is -4.18. The number of anilines is 1. The second-order valence-electron chi connectivity index (χ2n) is 6.29. The number of carboxylic acid groups (broad SMARTS) is 1. The van der Waals surface area contributed by atoms with Crippen molar-refractivity contribution in [3.63, 3.8) is 0 Å². The van der Waals surface area contributed by atoms with Crippen LogP contribution in [0.2, 0.25) is 0 Å². The number of fused-ring (bicyclic) bond motifs is 1. The molecule has 0 aliphatic carbocycles. The number of nitrogens with zero attached hydrogens (tertiary/aromatic N) is 3. The zero-order valence-electron chi connectivity index (χ0n) is 15.6. The Kier molecular flexibility index (Phi) is 5.56. The zero-order chi connectivity index (χ0) is 21.0. The molecule has 0 radical (unpaired) electrons. The third-order valence-corrected chi connectivity index (χ3v) is 4.31. The first-order chi connectivity index (χ1) is 13.9. The van der Waals surface area contributed by atoms with E-state index in [0.717, 1.165) is 4.90 Å². The number of carbonyl (C=O) groups is 3. The Morgan fingerprint density at radius 1 is 1.10 bits per heavy atom. The van der Waals surface area contributed by atoms with E-state index < -0.39 is 17.8 Å². The molecule has 7 heteroatoms. The zero-order valence-corrected chi connectivity index (χ0v) is 15.6. The fourth-order valence-corrected chi connectivity index (χ4v) is 3.10. The van der Waals surface area contributed by atoms with E-state index in [0.29, 0.717) is 22.2 Å². The molecule has 0 saturated carbocycles. The summed E-state index contributed by atoms with van der Waals surface area (Å²) >= 11 is 0. The maximum atomic E-state index is 13.0. The molecule has 1 heterocycles. The van der Waals surface area contributed by atoms with Crippen molar-refractivity contribution in [3.05, 3.63) is 71.9 Å². The Morgan fingerprint density at radius 3 is 2.38 bits per heavy atom. The molecule has 0 unspecified atom stereocenters. The van der Waals surface area contributed by atoms with Crippen LogP contribution in [0, 0.1) is 11.3 Å². The predicted octanol–water partition coefficient (Wildman–Crippen LogP) is 3.21. The first kappa shape index (κ1) is 19.6. The molecule has 3 rings (SSSR count). The maximum Gasteiger partial charge on any atom is 0.323 e. The first-order valence-electron chi connectivity index (χ1n) is 8.74. The lowest BCUT2D eigenvalue weighted by atomic mass is 10.1. The topological polar surface area (TPSA) is 103 Å². The Balaban J connectivity index is 2.08. The third-order valence-electron chi connectivity index (χ3n) is 4.31. The Bertz CT molecular complexity index is 1170. The number of aliphatic carboxylic acids is 1. The van der Waals surface area contributed by atoms with Crippen LogP contribution in [0.25, 0.3) is 17.0 Å². The second-order valence-corrected chi connectivity index (χ2v) is 6.29. The van der Waals surface area contributed by atoms with Gasteiger partial charge in [-0.25, -0.2) is 4.90 Å². The smallest absolute Gasteiger partial charge is 0.323 e. The molecule has 144 valence electrons. The van der Waals surface area contributed by atoms with Crippen LogP contribution < -0.4 is 4.90 Å². The van der Waals surface area contributed by atoms with Crippen molar-refractivity contribution in [1.29, 1.82) is 5.26 Å². The second kappa shape index (κ2) is 8.23. The van der Waals surface area contributed by atoms with Crippen LogP contribution in [0.15, 0.2) is 66.4 Å². The summed E-state index contributed by atoms with van der Waals surface area (Å²) in [7, 11) is 0. The van der Waals surface area contributed by atoms with Crippen LogP contribution in [-0.4, -0.2) is 27.5 Å². The average molecular weight is 387 g/mol. The van der Waals surface area contributed by atoms with Crippen molar-refractivity contribution in [1.82, 2.24) is 4.57 Å². The number of benzene rings is 2. The van der Waals surface area contributed by atoms with Crippen LogP contribution in [0.4, 0.5) is 5.69 Å². The van der Waals surface area contributed by atoms with Crippen molar-refractivity contribution in [2.75, 3.05) is 4.90 Å². The van der Waals surface area contributed by atoms with Gasteiger partial charge in [-0.15, -0.1) is 0 Å². The Labute approximate surface area is 166 Å². The summed E-state index contributed by atoms with van der Waals surface area (Å²) in [5.74, 6) is -2.28. The minimum absolute atomic E-state index is 0.234. The van der Waals surface area contributed by atoms with Gasteiger partial charge in [-0.05, 0) is 24.3 Å². The van der Waals surface area contributed by atoms with Crippen LogP contribution in [0.1, 0.15) is 12.5 Å².